The van der Waals surface area contributed by atoms with Gasteiger partial charge in [-0.2, -0.15) is 19.7 Å². The zero-order chi connectivity index (χ0) is 24.3. The summed E-state index contributed by atoms with van der Waals surface area (Å²) in [6.07, 6.45) is 10.5. The zero-order valence-electron chi connectivity index (χ0n) is 19.2. The molecule has 5 aromatic heterocycles. The van der Waals surface area contributed by atoms with Crippen molar-refractivity contribution in [2.75, 3.05) is 5.32 Å². The number of anilines is 1. The lowest BCUT2D eigenvalue weighted by molar-refractivity contribution is -0.117. The predicted molar refractivity (Wildman–Crippen MR) is 122 cm³/mol. The van der Waals surface area contributed by atoms with Crippen molar-refractivity contribution in [1.82, 2.24) is 44.4 Å². The topological polar surface area (TPSA) is 121 Å². The van der Waals surface area contributed by atoms with Crippen LogP contribution in [0.25, 0.3) is 11.5 Å². The van der Waals surface area contributed by atoms with Crippen molar-refractivity contribution in [3.05, 3.63) is 77.6 Å². The number of carbonyl (C=O) groups is 1. The SMILES string of the molecule is Cc1cc(NC(=O)C2CC(C)(c3cnn(C)c3)c3c2cnc2cc(F)nn32)cnc1-n1nccn1. The van der Waals surface area contributed by atoms with Crippen LogP contribution in [0.2, 0.25) is 0 Å². The van der Waals surface area contributed by atoms with E-state index in [0.29, 0.717) is 29.1 Å². The minimum Gasteiger partial charge on any atom is -0.324 e. The first-order valence-electron chi connectivity index (χ1n) is 11.0. The van der Waals surface area contributed by atoms with Crippen LogP contribution < -0.4 is 5.32 Å². The molecule has 1 aliphatic rings. The lowest BCUT2D eigenvalue weighted by Crippen LogP contribution is -2.25. The Balaban J connectivity index is 1.38. The number of pyridine rings is 1. The number of aryl methyl sites for hydroxylation is 2. The van der Waals surface area contributed by atoms with Crippen LogP contribution in [0.5, 0.6) is 0 Å². The van der Waals surface area contributed by atoms with Crippen molar-refractivity contribution in [2.24, 2.45) is 7.05 Å². The van der Waals surface area contributed by atoms with Crippen molar-refractivity contribution in [3.63, 3.8) is 0 Å². The zero-order valence-corrected chi connectivity index (χ0v) is 19.2. The van der Waals surface area contributed by atoms with Crippen molar-refractivity contribution in [3.8, 4) is 5.82 Å². The highest BCUT2D eigenvalue weighted by Crippen LogP contribution is 2.49. The smallest absolute Gasteiger partial charge is 0.235 e. The number of carbonyl (C=O) groups excluding carboxylic acids is 1. The number of aromatic nitrogens is 9. The quantitative estimate of drug-likeness (QED) is 0.426. The number of fused-ring (bicyclic) bond motifs is 3. The van der Waals surface area contributed by atoms with E-state index in [1.165, 1.54) is 15.4 Å². The number of rotatable bonds is 4. The van der Waals surface area contributed by atoms with E-state index in [-0.39, 0.29) is 5.91 Å². The van der Waals surface area contributed by atoms with Gasteiger partial charge in [0.1, 0.15) is 0 Å². The molecule has 1 aliphatic carbocycles. The molecule has 0 aromatic carbocycles. The number of hydrogen-bond acceptors (Lipinski definition) is 7. The molecule has 6 rings (SSSR count). The molecular formula is C23H21FN10O. The first-order chi connectivity index (χ1) is 16.8. The molecule has 1 amide bonds. The summed E-state index contributed by atoms with van der Waals surface area (Å²) < 4.78 is 17.3. The van der Waals surface area contributed by atoms with Crippen LogP contribution in [0.4, 0.5) is 10.1 Å². The Kier molecular flexibility index (Phi) is 4.53. The first kappa shape index (κ1) is 21.1. The molecule has 0 saturated heterocycles. The second kappa shape index (κ2) is 7.52. The predicted octanol–water partition coefficient (Wildman–Crippen LogP) is 2.32. The van der Waals surface area contributed by atoms with Gasteiger partial charge in [-0.05, 0) is 31.9 Å². The van der Waals surface area contributed by atoms with Gasteiger partial charge in [0.05, 0.1) is 42.1 Å². The summed E-state index contributed by atoms with van der Waals surface area (Å²) >= 11 is 0. The summed E-state index contributed by atoms with van der Waals surface area (Å²) in [6.45, 7) is 3.89. The van der Waals surface area contributed by atoms with Crippen LogP contribution in [0.3, 0.4) is 0 Å². The highest BCUT2D eigenvalue weighted by atomic mass is 19.1. The summed E-state index contributed by atoms with van der Waals surface area (Å²) in [5.74, 6) is -0.790. The standard InChI is InChI=1S/C23H21FN10O/c1-13-6-15(10-26-21(13)34-27-4-5-28-34)30-22(35)16-8-23(2,14-9-29-32(3)12-14)20-17(16)11-25-19-7-18(24)31-33(19)20/h4-7,9-12,16H,8H2,1-3H3,(H,30,35). The second-order valence-corrected chi connectivity index (χ2v) is 8.96. The van der Waals surface area contributed by atoms with E-state index >= 15 is 0 Å². The second-order valence-electron chi connectivity index (χ2n) is 8.96. The summed E-state index contributed by atoms with van der Waals surface area (Å²) in [5.41, 5.74) is 3.46. The monoisotopic (exact) mass is 472 g/mol. The molecule has 0 saturated carbocycles. The van der Waals surface area contributed by atoms with Gasteiger partial charge in [0.15, 0.2) is 11.5 Å². The highest BCUT2D eigenvalue weighted by Gasteiger charge is 2.47. The average Bonchev–Trinajstić information content (AvgIpc) is 3.60. The minimum atomic E-state index is -0.630. The Labute approximate surface area is 198 Å². The van der Waals surface area contributed by atoms with Gasteiger partial charge in [-0.1, -0.05) is 0 Å². The summed E-state index contributed by atoms with van der Waals surface area (Å²) in [7, 11) is 1.83. The number of nitrogens with zero attached hydrogens (tertiary/aromatic N) is 9. The summed E-state index contributed by atoms with van der Waals surface area (Å²) in [6, 6.07) is 3.10. The molecule has 0 radical (unpaired) electrons. The molecule has 11 nitrogen and oxygen atoms in total. The van der Waals surface area contributed by atoms with E-state index in [4.69, 9.17) is 0 Å². The fraction of sp³-hybridized carbons (Fsp3) is 0.261. The van der Waals surface area contributed by atoms with Gasteiger partial charge < -0.3 is 5.32 Å². The number of hydrogen-bond donors (Lipinski definition) is 1. The van der Waals surface area contributed by atoms with Gasteiger partial charge >= 0.3 is 0 Å². The Morgan fingerprint density at radius 1 is 1.14 bits per heavy atom. The first-order valence-corrected chi connectivity index (χ1v) is 11.0. The van der Waals surface area contributed by atoms with Crippen LogP contribution in [-0.2, 0) is 17.3 Å². The maximum Gasteiger partial charge on any atom is 0.235 e. The molecule has 0 fully saturated rings. The highest BCUT2D eigenvalue weighted by molar-refractivity contribution is 5.97. The van der Waals surface area contributed by atoms with Gasteiger partial charge in [-0.3, -0.25) is 9.48 Å². The lowest BCUT2D eigenvalue weighted by Gasteiger charge is -2.24. The van der Waals surface area contributed by atoms with Gasteiger partial charge in [0.2, 0.25) is 11.9 Å². The molecule has 0 bridgehead atoms. The number of nitrogens with one attached hydrogen (secondary N) is 1. The van der Waals surface area contributed by atoms with Crippen molar-refractivity contribution < 1.29 is 9.18 Å². The van der Waals surface area contributed by atoms with Crippen LogP contribution in [-0.4, -0.2) is 50.3 Å². The van der Waals surface area contributed by atoms with E-state index < -0.39 is 17.3 Å². The van der Waals surface area contributed by atoms with Crippen LogP contribution in [0.1, 0.15) is 41.6 Å². The molecule has 2 unspecified atom stereocenters. The fourth-order valence-electron chi connectivity index (χ4n) is 4.94. The molecule has 35 heavy (non-hydrogen) atoms. The molecule has 5 heterocycles. The van der Waals surface area contributed by atoms with Crippen LogP contribution in [0, 0.1) is 12.9 Å². The maximum atomic E-state index is 14.1. The molecule has 1 N–H and O–H groups in total. The van der Waals surface area contributed by atoms with Gasteiger partial charge in [-0.15, -0.1) is 9.90 Å². The average molecular weight is 472 g/mol. The Morgan fingerprint density at radius 3 is 2.66 bits per heavy atom. The van der Waals surface area contributed by atoms with Crippen molar-refractivity contribution in [1.29, 1.82) is 0 Å². The third-order valence-corrected chi connectivity index (χ3v) is 6.58. The van der Waals surface area contributed by atoms with Crippen LogP contribution >= 0.6 is 0 Å². The van der Waals surface area contributed by atoms with E-state index in [1.54, 1.807) is 35.7 Å². The van der Waals surface area contributed by atoms with Crippen molar-refractivity contribution in [2.45, 2.75) is 31.6 Å². The van der Waals surface area contributed by atoms with E-state index in [0.717, 1.165) is 16.8 Å². The maximum absolute atomic E-state index is 14.1. The Morgan fingerprint density at radius 2 is 1.94 bits per heavy atom. The number of amides is 1. The van der Waals surface area contributed by atoms with Crippen LogP contribution in [0.15, 0.2) is 49.3 Å². The van der Waals surface area contributed by atoms with Crippen molar-refractivity contribution >= 4 is 17.2 Å². The van der Waals surface area contributed by atoms with E-state index in [1.807, 2.05) is 33.2 Å². The molecule has 12 heteroatoms. The molecular weight excluding hydrogens is 451 g/mol. The Hall–Kier alpha value is -4.48. The van der Waals surface area contributed by atoms with Gasteiger partial charge in [0.25, 0.3) is 0 Å². The van der Waals surface area contributed by atoms with E-state index in [2.05, 4.69) is 35.7 Å². The number of halogens is 1. The third kappa shape index (κ3) is 3.28. The third-order valence-electron chi connectivity index (χ3n) is 6.58. The lowest BCUT2D eigenvalue weighted by atomic mass is 9.80. The van der Waals surface area contributed by atoms with Gasteiger partial charge in [0, 0.05) is 42.0 Å². The largest absolute Gasteiger partial charge is 0.324 e. The normalized spacial score (nSPS) is 19.3. The minimum absolute atomic E-state index is 0.209. The van der Waals surface area contributed by atoms with E-state index in [9.17, 15) is 9.18 Å². The molecule has 0 spiro atoms. The molecule has 176 valence electrons. The molecule has 5 aromatic rings. The molecule has 0 aliphatic heterocycles. The van der Waals surface area contributed by atoms with Gasteiger partial charge in [-0.25, -0.2) is 14.5 Å². The summed E-state index contributed by atoms with van der Waals surface area (Å²) in [5, 5.41) is 19.6. The Bertz CT molecular complexity index is 1590. The molecule has 2 atom stereocenters. The summed E-state index contributed by atoms with van der Waals surface area (Å²) in [4.78, 5) is 23.7. The fourth-order valence-corrected chi connectivity index (χ4v) is 4.94.